The van der Waals surface area contributed by atoms with Gasteiger partial charge in [0.2, 0.25) is 11.8 Å². The number of H-pyrrole nitrogens is 2. The number of benzene rings is 2. The number of aromatic amines is 2. The third kappa shape index (κ3) is 7.33. The third-order valence-corrected chi connectivity index (χ3v) is 9.44. The number of hydrogen-bond acceptors (Lipinski definition) is 7. The van der Waals surface area contributed by atoms with Crippen LogP contribution in [-0.4, -0.2) is 91.6 Å². The molecule has 3 atom stereocenters. The van der Waals surface area contributed by atoms with E-state index in [4.69, 9.17) is 9.84 Å². The maximum absolute atomic E-state index is 13.5. The number of hydrogen-bond donors (Lipinski definition) is 5. The summed E-state index contributed by atoms with van der Waals surface area (Å²) in [5, 5.41) is 13.7. The summed E-state index contributed by atoms with van der Waals surface area (Å²) < 4.78 is 4.74. The number of carbonyl (C=O) groups excluding carboxylic acids is 3. The first-order valence-corrected chi connectivity index (χ1v) is 16.8. The molecule has 6 rings (SSSR count). The number of ether oxygens (including phenoxy) is 1. The first-order chi connectivity index (χ1) is 24.1. The zero-order valence-corrected chi connectivity index (χ0v) is 28.3. The Morgan fingerprint density at radius 1 is 0.820 bits per heavy atom. The lowest BCUT2D eigenvalue weighted by atomic mass is 10.0. The van der Waals surface area contributed by atoms with Gasteiger partial charge in [0.25, 0.3) is 0 Å². The van der Waals surface area contributed by atoms with E-state index in [2.05, 4.69) is 42.7 Å². The summed E-state index contributed by atoms with van der Waals surface area (Å²) in [6.45, 7) is 4.68. The molecule has 2 aromatic heterocycles. The standard InChI is InChI=1S/C36H42N8O6/c1-21(2)31(42-36(49)50-3)34(46)44-17-5-7-29(44)33-38-19-27(41-33)25-14-10-23(11-15-25)22-8-12-24(13-9-22)26-18-37-32(40-26)28-6-4-16-43(28)30(45)20-39-35(47)48/h8-15,18-19,21,28-29,31,39H,4-7,16-17,20H2,1-3H3,(H,37,40)(H,38,41)(H,42,49)(H,47,48)/t28-,29?,31-/m0/s1. The minimum Gasteiger partial charge on any atom is -0.465 e. The second-order valence-electron chi connectivity index (χ2n) is 13.0. The molecular formula is C36H42N8O6. The highest BCUT2D eigenvalue weighted by Crippen LogP contribution is 2.34. The fraction of sp³-hybridized carbons (Fsp3) is 0.389. The second-order valence-corrected chi connectivity index (χ2v) is 13.0. The van der Waals surface area contributed by atoms with E-state index in [0.717, 1.165) is 65.1 Å². The molecular weight excluding hydrogens is 640 g/mol. The lowest BCUT2D eigenvalue weighted by molar-refractivity contribution is -0.135. The van der Waals surface area contributed by atoms with E-state index in [0.29, 0.717) is 18.9 Å². The van der Waals surface area contributed by atoms with Crippen LogP contribution in [0.15, 0.2) is 60.9 Å². The number of carbonyl (C=O) groups is 4. The summed E-state index contributed by atoms with van der Waals surface area (Å²) in [5.74, 6) is 0.885. The second kappa shape index (κ2) is 14.8. The van der Waals surface area contributed by atoms with Crippen LogP contribution in [0.3, 0.4) is 0 Å². The van der Waals surface area contributed by atoms with Gasteiger partial charge in [0.15, 0.2) is 0 Å². The molecule has 14 nitrogen and oxygen atoms in total. The minimum atomic E-state index is -1.23. The van der Waals surface area contributed by atoms with Gasteiger partial charge in [0.1, 0.15) is 24.2 Å². The Balaban J connectivity index is 1.10. The molecule has 0 radical (unpaired) electrons. The van der Waals surface area contributed by atoms with Crippen molar-refractivity contribution in [2.24, 2.45) is 5.92 Å². The van der Waals surface area contributed by atoms with Crippen LogP contribution < -0.4 is 10.6 Å². The molecule has 14 heteroatoms. The first-order valence-electron chi connectivity index (χ1n) is 16.8. The highest BCUT2D eigenvalue weighted by Gasteiger charge is 2.37. The van der Waals surface area contributed by atoms with E-state index in [1.54, 1.807) is 22.2 Å². The van der Waals surface area contributed by atoms with Gasteiger partial charge in [-0.1, -0.05) is 62.4 Å². The number of imidazole rings is 2. The van der Waals surface area contributed by atoms with E-state index >= 15 is 0 Å². The van der Waals surface area contributed by atoms with Crippen molar-refractivity contribution in [2.75, 3.05) is 26.7 Å². The number of aromatic nitrogens is 4. The summed E-state index contributed by atoms with van der Waals surface area (Å²) >= 11 is 0. The van der Waals surface area contributed by atoms with Crippen LogP contribution in [0.25, 0.3) is 33.6 Å². The molecule has 5 N–H and O–H groups in total. The van der Waals surface area contributed by atoms with Crippen molar-refractivity contribution in [1.29, 1.82) is 0 Å². The van der Waals surface area contributed by atoms with E-state index < -0.39 is 18.2 Å². The maximum Gasteiger partial charge on any atom is 0.407 e. The molecule has 2 aromatic carbocycles. The van der Waals surface area contributed by atoms with Gasteiger partial charge in [0, 0.05) is 13.1 Å². The molecule has 0 spiro atoms. The van der Waals surface area contributed by atoms with Crippen LogP contribution in [-0.2, 0) is 14.3 Å². The van der Waals surface area contributed by atoms with Crippen LogP contribution in [0.5, 0.6) is 0 Å². The Morgan fingerprint density at radius 3 is 1.78 bits per heavy atom. The fourth-order valence-corrected chi connectivity index (χ4v) is 6.78. The molecule has 2 aliphatic rings. The molecule has 0 saturated carbocycles. The Kier molecular flexibility index (Phi) is 10.2. The SMILES string of the molecule is COC(=O)N[C@H](C(=O)N1CCCC1c1ncc(-c2ccc(-c3ccc(-c4cnc([C@@H]5CCCN5C(=O)CNC(=O)O)[nH]4)cc3)cc2)[nH]1)C(C)C. The highest BCUT2D eigenvalue weighted by atomic mass is 16.5. The van der Waals surface area contributed by atoms with E-state index in [9.17, 15) is 19.2 Å². The third-order valence-electron chi connectivity index (χ3n) is 9.44. The zero-order chi connectivity index (χ0) is 35.4. The Morgan fingerprint density at radius 2 is 1.30 bits per heavy atom. The van der Waals surface area contributed by atoms with Crippen molar-refractivity contribution in [1.82, 2.24) is 40.4 Å². The minimum absolute atomic E-state index is 0.105. The quantitative estimate of drug-likeness (QED) is 0.153. The van der Waals surface area contributed by atoms with Crippen LogP contribution >= 0.6 is 0 Å². The topological polar surface area (TPSA) is 186 Å². The zero-order valence-electron chi connectivity index (χ0n) is 28.3. The van der Waals surface area contributed by atoms with Gasteiger partial charge in [-0.3, -0.25) is 9.59 Å². The van der Waals surface area contributed by atoms with Gasteiger partial charge < -0.3 is 40.2 Å². The van der Waals surface area contributed by atoms with Gasteiger partial charge in [-0.15, -0.1) is 0 Å². The summed E-state index contributed by atoms with van der Waals surface area (Å²) in [4.78, 5) is 68.2. The number of amides is 4. The molecule has 50 heavy (non-hydrogen) atoms. The Labute approximate surface area is 289 Å². The molecule has 0 bridgehead atoms. The summed E-state index contributed by atoms with van der Waals surface area (Å²) in [6, 6.07) is 15.2. The fourth-order valence-electron chi connectivity index (χ4n) is 6.78. The van der Waals surface area contributed by atoms with Gasteiger partial charge in [-0.2, -0.15) is 0 Å². The van der Waals surface area contributed by atoms with Crippen molar-refractivity contribution in [3.05, 3.63) is 72.6 Å². The van der Waals surface area contributed by atoms with Gasteiger partial charge in [0.05, 0.1) is 43.0 Å². The number of nitrogens with zero attached hydrogens (tertiary/aromatic N) is 4. The molecule has 2 saturated heterocycles. The molecule has 2 aliphatic heterocycles. The van der Waals surface area contributed by atoms with Gasteiger partial charge >= 0.3 is 12.2 Å². The van der Waals surface area contributed by atoms with Crippen molar-refractivity contribution < 1.29 is 29.0 Å². The Bertz CT molecular complexity index is 1830. The predicted molar refractivity (Wildman–Crippen MR) is 185 cm³/mol. The summed E-state index contributed by atoms with van der Waals surface area (Å²) in [5.41, 5.74) is 5.70. The molecule has 262 valence electrons. The number of methoxy groups -OCH3 is 1. The molecule has 1 unspecified atom stereocenters. The monoisotopic (exact) mass is 682 g/mol. The lowest BCUT2D eigenvalue weighted by Gasteiger charge is -2.30. The van der Waals surface area contributed by atoms with E-state index in [1.807, 2.05) is 50.2 Å². The number of rotatable bonds is 10. The number of carboxylic acid groups (broad SMARTS) is 1. The van der Waals surface area contributed by atoms with Gasteiger partial charge in [-0.05, 0) is 53.9 Å². The molecule has 4 aromatic rings. The maximum atomic E-state index is 13.5. The highest BCUT2D eigenvalue weighted by molar-refractivity contribution is 5.86. The normalized spacial score (nSPS) is 17.9. The number of nitrogens with one attached hydrogen (secondary N) is 4. The average Bonchev–Trinajstić information content (AvgIpc) is 3.95. The van der Waals surface area contributed by atoms with E-state index in [1.165, 1.54) is 7.11 Å². The van der Waals surface area contributed by atoms with Gasteiger partial charge in [-0.25, -0.2) is 19.6 Å². The van der Waals surface area contributed by atoms with Crippen LogP contribution in [0, 0.1) is 5.92 Å². The average molecular weight is 683 g/mol. The largest absolute Gasteiger partial charge is 0.465 e. The first kappa shape index (κ1) is 34.2. The summed E-state index contributed by atoms with van der Waals surface area (Å²) in [6.07, 6.45) is 4.91. The molecule has 4 amide bonds. The number of alkyl carbamates (subject to hydrolysis) is 1. The molecule has 2 fully saturated rings. The van der Waals surface area contributed by atoms with E-state index in [-0.39, 0.29) is 36.4 Å². The van der Waals surface area contributed by atoms with Crippen LogP contribution in [0.2, 0.25) is 0 Å². The Hall–Kier alpha value is -5.66. The smallest absolute Gasteiger partial charge is 0.407 e. The summed E-state index contributed by atoms with van der Waals surface area (Å²) in [7, 11) is 1.28. The molecule has 0 aliphatic carbocycles. The van der Waals surface area contributed by atoms with Crippen molar-refractivity contribution in [3.63, 3.8) is 0 Å². The van der Waals surface area contributed by atoms with Crippen molar-refractivity contribution >= 4 is 24.0 Å². The van der Waals surface area contributed by atoms with Crippen LogP contribution in [0.1, 0.15) is 63.3 Å². The predicted octanol–water partition coefficient (Wildman–Crippen LogP) is 5.11. The lowest BCUT2D eigenvalue weighted by Crippen LogP contribution is -2.51. The van der Waals surface area contributed by atoms with Crippen molar-refractivity contribution in [3.8, 4) is 33.6 Å². The van der Waals surface area contributed by atoms with Crippen molar-refractivity contribution in [2.45, 2.75) is 57.7 Å². The molecule has 4 heterocycles. The van der Waals surface area contributed by atoms with Crippen LogP contribution in [0.4, 0.5) is 9.59 Å². The number of likely N-dealkylation sites (tertiary alicyclic amines) is 2.